The Bertz CT molecular complexity index is 1040. The number of hydrogen-bond acceptors (Lipinski definition) is 5. The molecule has 9 heteroatoms. The van der Waals surface area contributed by atoms with Crippen LogP contribution < -0.4 is 5.32 Å². The Morgan fingerprint density at radius 3 is 2.67 bits per heavy atom. The van der Waals surface area contributed by atoms with Crippen molar-refractivity contribution < 1.29 is 13.7 Å². The van der Waals surface area contributed by atoms with Crippen LogP contribution in [-0.4, -0.2) is 34.0 Å². The zero-order chi connectivity index (χ0) is 21.1. The number of rotatable bonds is 5. The summed E-state index contributed by atoms with van der Waals surface area (Å²) < 4.78 is 19.2. The Morgan fingerprint density at radius 2 is 1.97 bits per heavy atom. The molecule has 1 fully saturated rings. The van der Waals surface area contributed by atoms with Crippen LogP contribution in [0.25, 0.3) is 11.4 Å². The monoisotopic (exact) mass is 492 g/mol. The van der Waals surface area contributed by atoms with Crippen molar-refractivity contribution in [3.8, 4) is 11.4 Å². The minimum absolute atomic E-state index is 0.00410. The SMILES string of the molecule is O=C(Nc1ccc(Br)c(Cl)c1)C1CCN(Cc2nc(-c3ccc(F)cc3)no2)CC1. The standard InChI is InChI=1S/C21H19BrClFN4O2/c22-17-6-5-16(11-18(17)23)25-21(29)14-7-9-28(10-8-14)12-19-26-20(27-30-19)13-1-3-15(24)4-2-13/h1-6,11,14H,7-10,12H2,(H,25,29). The van der Waals surface area contributed by atoms with Gasteiger partial charge in [-0.3, -0.25) is 9.69 Å². The van der Waals surface area contributed by atoms with E-state index in [2.05, 4.69) is 36.3 Å². The normalized spacial score (nSPS) is 15.3. The molecular formula is C21H19BrClFN4O2. The maximum Gasteiger partial charge on any atom is 0.241 e. The molecule has 0 aliphatic carbocycles. The highest BCUT2D eigenvalue weighted by molar-refractivity contribution is 9.10. The molecule has 156 valence electrons. The zero-order valence-corrected chi connectivity index (χ0v) is 18.3. The number of carbonyl (C=O) groups is 1. The fourth-order valence-electron chi connectivity index (χ4n) is 3.40. The Labute approximate surface area is 186 Å². The Balaban J connectivity index is 1.29. The van der Waals surface area contributed by atoms with Gasteiger partial charge in [-0.2, -0.15) is 4.98 Å². The number of aromatic nitrogens is 2. The third kappa shape index (κ3) is 5.06. The van der Waals surface area contributed by atoms with Gasteiger partial charge in [0.05, 0.1) is 11.6 Å². The molecule has 0 saturated carbocycles. The summed E-state index contributed by atoms with van der Waals surface area (Å²) in [6.45, 7) is 2.03. The van der Waals surface area contributed by atoms with Crippen LogP contribution in [0.15, 0.2) is 51.5 Å². The van der Waals surface area contributed by atoms with E-state index in [9.17, 15) is 9.18 Å². The number of nitrogens with one attached hydrogen (secondary N) is 1. The fraction of sp³-hybridized carbons (Fsp3) is 0.286. The van der Waals surface area contributed by atoms with E-state index in [-0.39, 0.29) is 17.6 Å². The maximum absolute atomic E-state index is 13.1. The zero-order valence-electron chi connectivity index (χ0n) is 15.9. The van der Waals surface area contributed by atoms with Crippen molar-refractivity contribution in [3.05, 3.63) is 63.7 Å². The van der Waals surface area contributed by atoms with Gasteiger partial charge in [-0.1, -0.05) is 16.8 Å². The molecule has 2 aromatic carbocycles. The topological polar surface area (TPSA) is 71.3 Å². The lowest BCUT2D eigenvalue weighted by Gasteiger charge is -2.30. The molecule has 0 bridgehead atoms. The van der Waals surface area contributed by atoms with Crippen LogP contribution in [0.4, 0.5) is 10.1 Å². The predicted molar refractivity (Wildman–Crippen MR) is 115 cm³/mol. The van der Waals surface area contributed by atoms with Crippen molar-refractivity contribution >= 4 is 39.1 Å². The van der Waals surface area contributed by atoms with Crippen molar-refractivity contribution in [1.29, 1.82) is 0 Å². The van der Waals surface area contributed by atoms with Crippen LogP contribution in [-0.2, 0) is 11.3 Å². The summed E-state index contributed by atoms with van der Waals surface area (Å²) in [6.07, 6.45) is 1.49. The van der Waals surface area contributed by atoms with Crippen LogP contribution >= 0.6 is 27.5 Å². The van der Waals surface area contributed by atoms with E-state index >= 15 is 0 Å². The van der Waals surface area contributed by atoms with Gasteiger partial charge in [0.2, 0.25) is 17.6 Å². The summed E-state index contributed by atoms with van der Waals surface area (Å²) in [5.41, 5.74) is 1.39. The summed E-state index contributed by atoms with van der Waals surface area (Å²) in [7, 11) is 0. The third-order valence-electron chi connectivity index (χ3n) is 5.07. The van der Waals surface area contributed by atoms with Crippen LogP contribution in [0.1, 0.15) is 18.7 Å². The highest BCUT2D eigenvalue weighted by Gasteiger charge is 2.26. The van der Waals surface area contributed by atoms with Crippen molar-refractivity contribution in [2.45, 2.75) is 19.4 Å². The van der Waals surface area contributed by atoms with Crippen LogP contribution in [0, 0.1) is 11.7 Å². The van der Waals surface area contributed by atoms with E-state index in [1.165, 1.54) is 12.1 Å². The third-order valence-corrected chi connectivity index (χ3v) is 6.31. The quantitative estimate of drug-likeness (QED) is 0.533. The number of anilines is 1. The van der Waals surface area contributed by atoms with Gasteiger partial charge in [-0.05, 0) is 84.3 Å². The van der Waals surface area contributed by atoms with Gasteiger partial charge >= 0.3 is 0 Å². The van der Waals surface area contributed by atoms with Crippen LogP contribution in [0.5, 0.6) is 0 Å². The van der Waals surface area contributed by atoms with Gasteiger partial charge in [-0.15, -0.1) is 0 Å². The van der Waals surface area contributed by atoms with Crippen LogP contribution in [0.2, 0.25) is 5.02 Å². The molecule has 0 unspecified atom stereocenters. The number of amides is 1. The number of likely N-dealkylation sites (tertiary alicyclic amines) is 1. The van der Waals surface area contributed by atoms with Gasteiger partial charge in [0.25, 0.3) is 0 Å². The highest BCUT2D eigenvalue weighted by atomic mass is 79.9. The van der Waals surface area contributed by atoms with E-state index in [0.717, 1.165) is 30.4 Å². The molecule has 1 amide bonds. The summed E-state index contributed by atoms with van der Waals surface area (Å²) >= 11 is 9.43. The molecule has 0 radical (unpaired) electrons. The molecule has 4 rings (SSSR count). The summed E-state index contributed by atoms with van der Waals surface area (Å²) in [4.78, 5) is 19.1. The average Bonchev–Trinajstić information content (AvgIpc) is 3.20. The molecule has 30 heavy (non-hydrogen) atoms. The van der Waals surface area contributed by atoms with Gasteiger partial charge in [-0.25, -0.2) is 4.39 Å². The van der Waals surface area contributed by atoms with E-state index in [1.807, 2.05) is 12.1 Å². The Morgan fingerprint density at radius 1 is 1.23 bits per heavy atom. The van der Waals surface area contributed by atoms with Crippen molar-refractivity contribution in [3.63, 3.8) is 0 Å². The first kappa shape index (κ1) is 21.0. The smallest absolute Gasteiger partial charge is 0.241 e. The molecule has 1 saturated heterocycles. The van der Waals surface area contributed by atoms with E-state index < -0.39 is 0 Å². The molecule has 0 spiro atoms. The highest BCUT2D eigenvalue weighted by Crippen LogP contribution is 2.27. The van der Waals surface area contributed by atoms with Crippen molar-refractivity contribution in [2.75, 3.05) is 18.4 Å². The van der Waals surface area contributed by atoms with Crippen molar-refractivity contribution in [1.82, 2.24) is 15.0 Å². The van der Waals surface area contributed by atoms with Gasteiger partial charge < -0.3 is 9.84 Å². The van der Waals surface area contributed by atoms with Gasteiger partial charge in [0.1, 0.15) is 5.82 Å². The molecule has 0 atom stereocenters. The van der Waals surface area contributed by atoms with E-state index in [0.29, 0.717) is 34.5 Å². The lowest BCUT2D eigenvalue weighted by atomic mass is 9.96. The molecule has 1 N–H and O–H groups in total. The lowest BCUT2D eigenvalue weighted by Crippen LogP contribution is -2.37. The number of hydrogen-bond donors (Lipinski definition) is 1. The summed E-state index contributed by atoms with van der Waals surface area (Å²) in [5.74, 6) is 0.581. The van der Waals surface area contributed by atoms with Gasteiger partial charge in [0.15, 0.2) is 0 Å². The second kappa shape index (κ2) is 9.24. The molecule has 6 nitrogen and oxygen atoms in total. The van der Waals surface area contributed by atoms with E-state index in [4.69, 9.17) is 16.1 Å². The molecule has 2 heterocycles. The fourth-order valence-corrected chi connectivity index (χ4v) is 3.83. The minimum Gasteiger partial charge on any atom is -0.338 e. The lowest BCUT2D eigenvalue weighted by molar-refractivity contribution is -0.121. The van der Waals surface area contributed by atoms with Crippen molar-refractivity contribution in [2.24, 2.45) is 5.92 Å². The van der Waals surface area contributed by atoms with Gasteiger partial charge in [0, 0.05) is 21.6 Å². The van der Waals surface area contributed by atoms with Crippen LogP contribution in [0.3, 0.4) is 0 Å². The first-order valence-electron chi connectivity index (χ1n) is 9.55. The predicted octanol–water partition coefficient (Wildman–Crippen LogP) is 5.14. The number of carbonyl (C=O) groups excluding carboxylic acids is 1. The molecular weight excluding hydrogens is 475 g/mol. The Kier molecular flexibility index (Phi) is 6.46. The second-order valence-electron chi connectivity index (χ2n) is 7.19. The molecule has 1 aromatic heterocycles. The molecule has 1 aliphatic rings. The summed E-state index contributed by atoms with van der Waals surface area (Å²) in [6, 6.07) is 11.3. The first-order valence-corrected chi connectivity index (χ1v) is 10.7. The number of benzene rings is 2. The largest absolute Gasteiger partial charge is 0.338 e. The first-order chi connectivity index (χ1) is 14.5. The number of nitrogens with zero attached hydrogens (tertiary/aromatic N) is 3. The molecule has 1 aliphatic heterocycles. The number of piperidine rings is 1. The number of halogens is 3. The maximum atomic E-state index is 13.1. The minimum atomic E-state index is -0.308. The second-order valence-corrected chi connectivity index (χ2v) is 8.45. The Hall–Kier alpha value is -2.29. The molecule has 3 aromatic rings. The van der Waals surface area contributed by atoms with E-state index in [1.54, 1.807) is 18.2 Å². The summed E-state index contributed by atoms with van der Waals surface area (Å²) in [5, 5.41) is 7.47. The average molecular weight is 494 g/mol.